The molecule has 20 aromatic rings. The van der Waals surface area contributed by atoms with Crippen LogP contribution in [0.5, 0.6) is 0 Å². The third kappa shape index (κ3) is 11.3. The highest BCUT2D eigenvalue weighted by Gasteiger charge is 2.61. The zero-order chi connectivity index (χ0) is 85.2. The second-order valence-electron chi connectivity index (χ2n) is 33.5. The van der Waals surface area contributed by atoms with E-state index in [2.05, 4.69) is 337 Å². The molecule has 4 spiro atoms. The fraction of sp³-hybridized carbons (Fsp3) is 0.0339. The van der Waals surface area contributed by atoms with Crippen LogP contribution < -0.4 is 5.46 Å². The third-order valence-corrected chi connectivity index (χ3v) is 27.9. The highest BCUT2D eigenvalue weighted by atomic mass is 79.9. The zero-order valence-corrected chi connectivity index (χ0v) is 70.8. The maximum absolute atomic E-state index is 10.5. The van der Waals surface area contributed by atoms with Crippen LogP contribution in [-0.2, 0) is 21.7 Å². The first-order valence-electron chi connectivity index (χ1n) is 43.5. The molecule has 0 amide bonds. The summed E-state index contributed by atoms with van der Waals surface area (Å²) in [5, 5.41) is 20.9. The molecule has 0 unspecified atom stereocenters. The topological polar surface area (TPSA) is 118 Å². The Morgan fingerprint density at radius 3 is 0.672 bits per heavy atom. The van der Waals surface area contributed by atoms with Gasteiger partial charge in [-0.25, -0.2) is 29.9 Å². The van der Waals surface area contributed by atoms with Crippen LogP contribution in [-0.4, -0.2) is 47.1 Å². The summed E-state index contributed by atoms with van der Waals surface area (Å²) in [7, 11) is -1.57. The summed E-state index contributed by atoms with van der Waals surface area (Å²) in [6, 6.07) is 160. The minimum atomic E-state index is -1.57. The quantitative estimate of drug-likeness (QED) is 0.145. The molecule has 0 saturated heterocycles. The number of hydrogen-bond acceptors (Lipinski definition) is 8. The molecule has 26 rings (SSSR count). The highest BCUT2D eigenvalue weighted by Crippen LogP contribution is 2.70. The average Bonchev–Trinajstić information content (AvgIpc) is 1.47. The largest absolute Gasteiger partial charge is 0.488 e. The summed E-state index contributed by atoms with van der Waals surface area (Å²) in [5.41, 5.74) is 36.5. The number of benzene rings is 18. The molecule has 0 radical (unpaired) electrons. The summed E-state index contributed by atoms with van der Waals surface area (Å²) < 4.78 is 0.958. The van der Waals surface area contributed by atoms with Crippen LogP contribution >= 0.6 is 15.9 Å². The first-order chi connectivity index (χ1) is 63.2. The summed E-state index contributed by atoms with van der Waals surface area (Å²) in [5.74, 6) is 3.91. The Morgan fingerprint density at radius 1 is 0.164 bits per heavy atom. The fourth-order valence-corrected chi connectivity index (χ4v) is 22.7. The van der Waals surface area contributed by atoms with E-state index in [1.54, 1.807) is 0 Å². The third-order valence-electron chi connectivity index (χ3n) is 27.2. The molecule has 0 saturated carbocycles. The van der Waals surface area contributed by atoms with Gasteiger partial charge in [-0.15, -0.1) is 0 Å². The molecule has 8 nitrogen and oxygen atoms in total. The normalized spacial score (nSPS) is 13.8. The Bertz CT molecular complexity index is 7560. The van der Waals surface area contributed by atoms with E-state index in [1.807, 2.05) is 127 Å². The molecule has 10 heteroatoms. The molecule has 2 N–H and O–H groups in total. The molecular formula is C118H76BBrN6O2. The highest BCUT2D eigenvalue weighted by molar-refractivity contribution is 9.10. The zero-order valence-electron chi connectivity index (χ0n) is 69.3. The van der Waals surface area contributed by atoms with E-state index in [9.17, 15) is 10.0 Å². The van der Waals surface area contributed by atoms with E-state index in [0.717, 1.165) is 54.5 Å². The van der Waals surface area contributed by atoms with Gasteiger partial charge in [0.2, 0.25) is 0 Å². The number of halogens is 1. The molecule has 2 aromatic heterocycles. The van der Waals surface area contributed by atoms with Crippen LogP contribution in [0.25, 0.3) is 124 Å². The predicted octanol–water partition coefficient (Wildman–Crippen LogP) is 25.6. The average molecular weight is 1700 g/mol. The maximum atomic E-state index is 10.5. The van der Waals surface area contributed by atoms with Crippen molar-refractivity contribution in [2.75, 3.05) is 0 Å². The molecule has 18 aromatic carbocycles. The van der Waals surface area contributed by atoms with Crippen molar-refractivity contribution in [3.05, 3.63) is 542 Å². The molecule has 128 heavy (non-hydrogen) atoms. The molecular weight excluding hydrogens is 1620 g/mol. The first-order valence-corrected chi connectivity index (χ1v) is 44.3. The smallest absolute Gasteiger partial charge is 0.423 e. The van der Waals surface area contributed by atoms with Crippen molar-refractivity contribution >= 4 is 28.5 Å². The molecule has 6 aliphatic rings. The van der Waals surface area contributed by atoms with Crippen molar-refractivity contribution in [1.82, 2.24) is 29.9 Å². The monoisotopic (exact) mass is 1700 g/mol. The molecule has 0 atom stereocenters. The van der Waals surface area contributed by atoms with E-state index in [1.165, 1.54) is 128 Å². The first kappa shape index (κ1) is 76.1. The van der Waals surface area contributed by atoms with Gasteiger partial charge < -0.3 is 10.0 Å². The van der Waals surface area contributed by atoms with E-state index >= 15 is 0 Å². The number of hydrogen-bond donors (Lipinski definition) is 2. The van der Waals surface area contributed by atoms with E-state index < -0.39 is 28.8 Å². The van der Waals surface area contributed by atoms with Gasteiger partial charge in [0.1, 0.15) is 0 Å². The lowest BCUT2D eigenvalue weighted by molar-refractivity contribution is 0.425. The standard InChI is InChI=1S/C59H37N3.C38H25BO2.C21H14BrN3/c1-3-19-38(20-4-1)55-60-56(39-21-5-2-6-22-39)62-57(61-55)46-28-8-7-23-41(46)40-35-36-53-54(37-40)59(49-31-15-11-26-44(49)45-27-12-16-32-50(45)59)52-34-18-17-33-51(52)58(53)47-29-13-9-24-42(47)43-25-10-14-30-48(43)58;40-39(41)24-21-22-35-36(23-24)38(31-17-7-3-13-27(31)28-14-4-8-18-32(28)38)34-20-10-9-19-33(34)37(35)29-15-5-1-11-25(29)26-12-2-6-16-30(26)37;22-18-14-8-7-13-17(18)21-24-19(15-9-3-1-4-10-15)23-20(25-21)16-11-5-2-6-12-16/h1-37H;1-23,40-41H;1-14H. The van der Waals surface area contributed by atoms with E-state index in [-0.39, 0.29) is 0 Å². The Hall–Kier alpha value is -15.6. The maximum Gasteiger partial charge on any atom is 0.488 e. The predicted molar refractivity (Wildman–Crippen MR) is 518 cm³/mol. The minimum Gasteiger partial charge on any atom is -0.423 e. The summed E-state index contributed by atoms with van der Waals surface area (Å²) in [4.78, 5) is 29.6. The van der Waals surface area contributed by atoms with Crippen LogP contribution in [0.4, 0.5) is 0 Å². The molecule has 600 valence electrons. The number of rotatable bonds is 8. The number of aromatic nitrogens is 6. The molecule has 0 fully saturated rings. The van der Waals surface area contributed by atoms with Gasteiger partial charge in [0.25, 0.3) is 0 Å². The van der Waals surface area contributed by atoms with Crippen molar-refractivity contribution in [2.24, 2.45) is 0 Å². The molecule has 6 aliphatic carbocycles. The van der Waals surface area contributed by atoms with Crippen molar-refractivity contribution in [2.45, 2.75) is 21.7 Å². The van der Waals surface area contributed by atoms with Gasteiger partial charge in [0.15, 0.2) is 34.9 Å². The fourth-order valence-electron chi connectivity index (χ4n) is 22.3. The lowest BCUT2D eigenvalue weighted by Gasteiger charge is -2.49. The Morgan fingerprint density at radius 2 is 0.375 bits per heavy atom. The van der Waals surface area contributed by atoms with Crippen LogP contribution in [0.2, 0.25) is 0 Å². The number of fused-ring (bicyclic) bond motifs is 32. The van der Waals surface area contributed by atoms with Crippen molar-refractivity contribution in [1.29, 1.82) is 0 Å². The van der Waals surface area contributed by atoms with Crippen LogP contribution in [0.1, 0.15) is 89.0 Å². The summed E-state index contributed by atoms with van der Waals surface area (Å²) in [6.07, 6.45) is 0. The summed E-state index contributed by atoms with van der Waals surface area (Å²) in [6.45, 7) is 0. The van der Waals surface area contributed by atoms with Gasteiger partial charge in [-0.05, 0) is 162 Å². The van der Waals surface area contributed by atoms with Crippen molar-refractivity contribution < 1.29 is 10.0 Å². The number of nitrogens with zero attached hydrogens (tertiary/aromatic N) is 6. The van der Waals surface area contributed by atoms with Gasteiger partial charge >= 0.3 is 7.12 Å². The lowest BCUT2D eigenvalue weighted by atomic mass is 9.51. The minimum absolute atomic E-state index is 0.499. The van der Waals surface area contributed by atoms with Crippen molar-refractivity contribution in [3.8, 4) is 124 Å². The van der Waals surface area contributed by atoms with Gasteiger partial charge in [0, 0.05) is 37.9 Å². The second kappa shape index (κ2) is 30.4. The van der Waals surface area contributed by atoms with E-state index in [4.69, 9.17) is 29.9 Å². The van der Waals surface area contributed by atoms with Gasteiger partial charge in [-0.1, -0.05) is 453 Å². The molecule has 0 aliphatic heterocycles. The van der Waals surface area contributed by atoms with Gasteiger partial charge in [0.05, 0.1) is 21.7 Å². The summed E-state index contributed by atoms with van der Waals surface area (Å²) >= 11 is 3.59. The Kier molecular flexibility index (Phi) is 18.1. The molecule has 0 bridgehead atoms. The van der Waals surface area contributed by atoms with Crippen molar-refractivity contribution in [3.63, 3.8) is 0 Å². The second-order valence-corrected chi connectivity index (χ2v) is 34.4. The Labute approximate surface area is 751 Å². The Balaban J connectivity index is 0.000000118. The molecule has 2 heterocycles. The van der Waals surface area contributed by atoms with Crippen LogP contribution in [0, 0.1) is 0 Å². The lowest BCUT2D eigenvalue weighted by Crippen LogP contribution is -2.45. The van der Waals surface area contributed by atoms with Crippen LogP contribution in [0.3, 0.4) is 0 Å². The van der Waals surface area contributed by atoms with E-state index in [0.29, 0.717) is 40.4 Å². The van der Waals surface area contributed by atoms with Crippen LogP contribution in [0.15, 0.2) is 453 Å². The van der Waals surface area contributed by atoms with Gasteiger partial charge in [-0.2, -0.15) is 0 Å². The van der Waals surface area contributed by atoms with Gasteiger partial charge in [-0.3, -0.25) is 0 Å². The SMILES string of the molecule is Brc1ccccc1-c1nc(-c2ccccc2)nc(-c2ccccc2)n1.OB(O)c1ccc2c(c1)C1(c3ccccc3-c3ccccc31)c1ccccc1C21c2ccccc2-c2ccccc21.c1ccc(-c2nc(-c3ccccc3)nc(-c3ccccc3-c3ccc4c(c3)C3(c5ccccc5-c5ccccc53)c3ccccc3C43c4ccccc4-c4ccccc43)n2)cc1.